The van der Waals surface area contributed by atoms with Crippen molar-refractivity contribution in [1.29, 1.82) is 0 Å². The average Bonchev–Trinajstić information content (AvgIpc) is 3.14. The van der Waals surface area contributed by atoms with E-state index in [9.17, 15) is 13.2 Å². The highest BCUT2D eigenvalue weighted by Gasteiger charge is 2.45. The van der Waals surface area contributed by atoms with E-state index in [2.05, 4.69) is 27.4 Å². The van der Waals surface area contributed by atoms with Gasteiger partial charge in [0.1, 0.15) is 16.1 Å². The Kier molecular flexibility index (Phi) is 6.59. The molecule has 1 saturated carbocycles. The molecule has 25 heavy (non-hydrogen) atoms. The number of nitrogens with one attached hydrogen (secondary N) is 3. The number of aryl methyl sites for hydroxylation is 2. The molecule has 0 bridgehead atoms. The largest absolute Gasteiger partial charge is 0.360 e. The van der Waals surface area contributed by atoms with Crippen LogP contribution < -0.4 is 15.4 Å². The van der Waals surface area contributed by atoms with Gasteiger partial charge in [0.2, 0.25) is 15.9 Å². The maximum absolute atomic E-state index is 12.8. The fraction of sp³-hybridized carbons (Fsp3) is 0.750. The Bertz CT molecular complexity index is 673. The van der Waals surface area contributed by atoms with Gasteiger partial charge >= 0.3 is 0 Å². The number of rotatable bonds is 9. The van der Waals surface area contributed by atoms with Crippen molar-refractivity contribution in [3.63, 3.8) is 0 Å². The molecule has 1 aliphatic carbocycles. The van der Waals surface area contributed by atoms with Crippen molar-refractivity contribution in [2.45, 2.75) is 63.3 Å². The SMILES string of the molecule is CCCNCCNC(=O)C1(NS(=O)(=O)c2c(C)noc2C)CCCC1. The molecule has 1 heterocycles. The minimum absolute atomic E-state index is 0.0242. The summed E-state index contributed by atoms with van der Waals surface area (Å²) in [5, 5.41) is 9.76. The van der Waals surface area contributed by atoms with Crippen LogP contribution in [0, 0.1) is 13.8 Å². The van der Waals surface area contributed by atoms with Crippen LogP contribution in [0.4, 0.5) is 0 Å². The van der Waals surface area contributed by atoms with E-state index in [4.69, 9.17) is 4.52 Å². The van der Waals surface area contributed by atoms with Gasteiger partial charge in [-0.2, -0.15) is 4.72 Å². The number of sulfonamides is 1. The molecule has 0 saturated heterocycles. The standard InChI is InChI=1S/C16H28N4O4S/c1-4-9-17-10-11-18-15(21)16(7-5-6-8-16)20-25(22,23)14-12(2)19-24-13(14)3/h17,20H,4-11H2,1-3H3,(H,18,21). The van der Waals surface area contributed by atoms with Gasteiger partial charge in [-0.15, -0.1) is 0 Å². The smallest absolute Gasteiger partial charge is 0.246 e. The molecule has 1 aliphatic rings. The van der Waals surface area contributed by atoms with Crippen LogP contribution in [0.1, 0.15) is 50.5 Å². The van der Waals surface area contributed by atoms with Gasteiger partial charge in [0.25, 0.3) is 0 Å². The van der Waals surface area contributed by atoms with Crippen LogP contribution in [-0.2, 0) is 14.8 Å². The molecule has 9 heteroatoms. The summed E-state index contributed by atoms with van der Waals surface area (Å²) in [7, 11) is -3.89. The molecule has 2 rings (SSSR count). The van der Waals surface area contributed by atoms with Crippen molar-refractivity contribution in [2.24, 2.45) is 0 Å². The minimum Gasteiger partial charge on any atom is -0.360 e. The van der Waals surface area contributed by atoms with Gasteiger partial charge in [-0.05, 0) is 39.7 Å². The normalized spacial score (nSPS) is 16.9. The molecule has 1 aromatic heterocycles. The van der Waals surface area contributed by atoms with Gasteiger partial charge in [0, 0.05) is 13.1 Å². The highest BCUT2D eigenvalue weighted by molar-refractivity contribution is 7.89. The summed E-state index contributed by atoms with van der Waals surface area (Å²) in [5.41, 5.74) is -0.804. The zero-order chi connectivity index (χ0) is 18.5. The Morgan fingerprint density at radius 1 is 1.20 bits per heavy atom. The second-order valence-electron chi connectivity index (χ2n) is 6.55. The first kappa shape index (κ1) is 19.9. The zero-order valence-corrected chi connectivity index (χ0v) is 16.0. The Labute approximate surface area is 149 Å². The first-order valence-electron chi connectivity index (χ1n) is 8.78. The lowest BCUT2D eigenvalue weighted by molar-refractivity contribution is -0.126. The molecule has 8 nitrogen and oxygen atoms in total. The lowest BCUT2D eigenvalue weighted by Crippen LogP contribution is -2.57. The van der Waals surface area contributed by atoms with Crippen LogP contribution in [0.5, 0.6) is 0 Å². The lowest BCUT2D eigenvalue weighted by Gasteiger charge is -2.28. The molecular weight excluding hydrogens is 344 g/mol. The number of nitrogens with zero attached hydrogens (tertiary/aromatic N) is 1. The van der Waals surface area contributed by atoms with E-state index < -0.39 is 15.6 Å². The molecular formula is C16H28N4O4S. The molecule has 142 valence electrons. The summed E-state index contributed by atoms with van der Waals surface area (Å²) < 4.78 is 33.2. The first-order valence-corrected chi connectivity index (χ1v) is 10.3. The Hall–Kier alpha value is -1.45. The predicted molar refractivity (Wildman–Crippen MR) is 93.7 cm³/mol. The second-order valence-corrected chi connectivity index (χ2v) is 8.17. The van der Waals surface area contributed by atoms with Crippen molar-refractivity contribution in [2.75, 3.05) is 19.6 Å². The molecule has 3 N–H and O–H groups in total. The predicted octanol–water partition coefficient (Wildman–Crippen LogP) is 0.998. The highest BCUT2D eigenvalue weighted by Crippen LogP contribution is 2.32. The van der Waals surface area contributed by atoms with Gasteiger partial charge in [0.05, 0.1) is 0 Å². The van der Waals surface area contributed by atoms with Crippen LogP contribution >= 0.6 is 0 Å². The van der Waals surface area contributed by atoms with Crippen LogP contribution in [0.2, 0.25) is 0 Å². The molecule has 0 atom stereocenters. The van der Waals surface area contributed by atoms with E-state index >= 15 is 0 Å². The molecule has 0 aliphatic heterocycles. The summed E-state index contributed by atoms with van der Waals surface area (Å²) in [6.07, 6.45) is 3.63. The molecule has 0 unspecified atom stereocenters. The third-order valence-electron chi connectivity index (χ3n) is 4.47. The first-order chi connectivity index (χ1) is 11.8. The van der Waals surface area contributed by atoms with E-state index in [0.29, 0.717) is 31.6 Å². The number of aromatic nitrogens is 1. The fourth-order valence-electron chi connectivity index (χ4n) is 3.26. The Morgan fingerprint density at radius 3 is 2.44 bits per heavy atom. The minimum atomic E-state index is -3.89. The van der Waals surface area contributed by atoms with Crippen LogP contribution in [-0.4, -0.2) is 44.7 Å². The average molecular weight is 372 g/mol. The van der Waals surface area contributed by atoms with Crippen LogP contribution in [0.3, 0.4) is 0 Å². The van der Waals surface area contributed by atoms with Gasteiger partial charge in [-0.3, -0.25) is 4.79 Å². The summed E-state index contributed by atoms with van der Waals surface area (Å²) in [6, 6.07) is 0. The van der Waals surface area contributed by atoms with Crippen molar-refractivity contribution in [3.05, 3.63) is 11.5 Å². The molecule has 1 amide bonds. The fourth-order valence-corrected chi connectivity index (χ4v) is 5.01. The third-order valence-corrected chi connectivity index (χ3v) is 6.25. The topological polar surface area (TPSA) is 113 Å². The third kappa shape index (κ3) is 4.59. The lowest BCUT2D eigenvalue weighted by atomic mass is 9.98. The monoisotopic (exact) mass is 372 g/mol. The van der Waals surface area contributed by atoms with E-state index in [1.54, 1.807) is 13.8 Å². The summed E-state index contributed by atoms with van der Waals surface area (Å²) in [5.74, 6) is -0.0408. The molecule has 0 aromatic carbocycles. The van der Waals surface area contributed by atoms with Gasteiger partial charge in [0.15, 0.2) is 5.76 Å². The Morgan fingerprint density at radius 2 is 1.88 bits per heavy atom. The van der Waals surface area contributed by atoms with E-state index in [-0.39, 0.29) is 16.6 Å². The summed E-state index contributed by atoms with van der Waals surface area (Å²) in [6.45, 7) is 7.21. The van der Waals surface area contributed by atoms with E-state index in [1.807, 2.05) is 0 Å². The maximum atomic E-state index is 12.8. The van der Waals surface area contributed by atoms with Crippen molar-refractivity contribution in [1.82, 2.24) is 20.5 Å². The van der Waals surface area contributed by atoms with E-state index in [0.717, 1.165) is 25.8 Å². The molecule has 1 fully saturated rings. The summed E-state index contributed by atoms with van der Waals surface area (Å²) >= 11 is 0. The van der Waals surface area contributed by atoms with Gasteiger partial charge < -0.3 is 15.2 Å². The number of hydrogen-bond donors (Lipinski definition) is 3. The summed E-state index contributed by atoms with van der Waals surface area (Å²) in [4.78, 5) is 12.7. The number of carbonyl (C=O) groups is 1. The van der Waals surface area contributed by atoms with Crippen molar-refractivity contribution >= 4 is 15.9 Å². The molecule has 0 spiro atoms. The van der Waals surface area contributed by atoms with Crippen LogP contribution in [0.25, 0.3) is 0 Å². The second kappa shape index (κ2) is 8.29. The number of hydrogen-bond acceptors (Lipinski definition) is 6. The Balaban J connectivity index is 2.10. The van der Waals surface area contributed by atoms with Crippen LogP contribution in [0.15, 0.2) is 9.42 Å². The van der Waals surface area contributed by atoms with Crippen molar-refractivity contribution in [3.8, 4) is 0 Å². The quantitative estimate of drug-likeness (QED) is 0.557. The van der Waals surface area contributed by atoms with E-state index in [1.165, 1.54) is 0 Å². The highest BCUT2D eigenvalue weighted by atomic mass is 32.2. The molecule has 1 aromatic rings. The van der Waals surface area contributed by atoms with Crippen molar-refractivity contribution < 1.29 is 17.7 Å². The van der Waals surface area contributed by atoms with Gasteiger partial charge in [-0.1, -0.05) is 24.9 Å². The molecule has 0 radical (unpaired) electrons. The number of carbonyl (C=O) groups excluding carboxylic acids is 1. The maximum Gasteiger partial charge on any atom is 0.246 e. The van der Waals surface area contributed by atoms with Gasteiger partial charge in [-0.25, -0.2) is 8.42 Å². The zero-order valence-electron chi connectivity index (χ0n) is 15.1. The number of amides is 1.